The Kier molecular flexibility index (Phi) is 9.29. The van der Waals surface area contributed by atoms with Gasteiger partial charge in [0.15, 0.2) is 0 Å². The highest BCUT2D eigenvalue weighted by Gasteiger charge is 1.95. The number of unbranched alkanes of at least 4 members (excludes halogenated alkanes) is 3. The summed E-state index contributed by atoms with van der Waals surface area (Å²) in [6, 6.07) is 0. The lowest BCUT2D eigenvalue weighted by molar-refractivity contribution is 0.696. The Morgan fingerprint density at radius 2 is 1.77 bits per heavy atom. The fourth-order valence-electron chi connectivity index (χ4n) is 1.36. The third kappa shape index (κ3) is 9.45. The van der Waals surface area contributed by atoms with E-state index in [0.29, 0.717) is 0 Å². The molecule has 0 aliphatic heterocycles. The van der Waals surface area contributed by atoms with Gasteiger partial charge in [0, 0.05) is 5.70 Å². The highest BCUT2D eigenvalue weighted by Crippen LogP contribution is 2.11. The summed E-state index contributed by atoms with van der Waals surface area (Å²) in [7, 11) is 0. The van der Waals surface area contributed by atoms with Gasteiger partial charge in [-0.25, -0.2) is 0 Å². The molecule has 0 atom stereocenters. The summed E-state index contributed by atoms with van der Waals surface area (Å²) in [5.74, 6) is 0. The van der Waals surface area contributed by atoms with Gasteiger partial charge in [0.2, 0.25) is 0 Å². The fourth-order valence-corrected chi connectivity index (χ4v) is 1.36. The summed E-state index contributed by atoms with van der Waals surface area (Å²) in [6.45, 7) is 4.46. The Labute approximate surface area is 83.4 Å². The highest BCUT2D eigenvalue weighted by molar-refractivity contribution is 4.98. The molecular formula is C12H25N. The van der Waals surface area contributed by atoms with Crippen molar-refractivity contribution in [3.8, 4) is 0 Å². The maximum absolute atomic E-state index is 5.50. The second-order valence-corrected chi connectivity index (χ2v) is 3.73. The Morgan fingerprint density at radius 3 is 2.00 bits per heavy atom. The lowest BCUT2D eigenvalue weighted by atomic mass is 10.1. The Morgan fingerprint density at radius 1 is 1.15 bits per heavy atom. The predicted octanol–water partition coefficient (Wildman–Crippen LogP) is 3.99. The first-order chi connectivity index (χ1) is 6.31. The van der Waals surface area contributed by atoms with Crippen molar-refractivity contribution in [2.45, 2.75) is 65.2 Å². The molecule has 0 amide bonds. The van der Waals surface area contributed by atoms with Crippen LogP contribution in [0.5, 0.6) is 0 Å². The second-order valence-electron chi connectivity index (χ2n) is 3.73. The van der Waals surface area contributed by atoms with E-state index in [1.54, 1.807) is 0 Å². The van der Waals surface area contributed by atoms with Crippen molar-refractivity contribution in [2.75, 3.05) is 0 Å². The first kappa shape index (κ1) is 12.5. The summed E-state index contributed by atoms with van der Waals surface area (Å²) in [4.78, 5) is 0. The van der Waals surface area contributed by atoms with Gasteiger partial charge in [-0.05, 0) is 25.7 Å². The number of rotatable bonds is 3. The van der Waals surface area contributed by atoms with E-state index in [1.807, 2.05) is 0 Å². The van der Waals surface area contributed by atoms with Gasteiger partial charge in [-0.15, -0.1) is 0 Å². The minimum atomic E-state index is 1.09. The number of nitrogens with two attached hydrogens (primary N) is 1. The van der Waals surface area contributed by atoms with Crippen molar-refractivity contribution in [1.29, 1.82) is 0 Å². The Balaban J connectivity index is 0.000000226. The second kappa shape index (κ2) is 9.63. The highest BCUT2D eigenvalue weighted by atomic mass is 14.6. The molecule has 1 nitrogen and oxygen atoms in total. The average Bonchev–Trinajstić information content (AvgIpc) is 2.17. The maximum Gasteiger partial charge on any atom is 0.00399 e. The first-order valence-corrected chi connectivity index (χ1v) is 5.75. The normalized spacial score (nSPS) is 15.7. The lowest BCUT2D eigenvalue weighted by Crippen LogP contribution is -2.00. The van der Waals surface area contributed by atoms with E-state index < -0.39 is 0 Å². The zero-order chi connectivity index (χ0) is 9.94. The molecule has 2 N–H and O–H groups in total. The zero-order valence-corrected chi connectivity index (χ0v) is 9.31. The van der Waals surface area contributed by atoms with Crippen LogP contribution >= 0.6 is 0 Å². The molecule has 0 fully saturated rings. The summed E-state index contributed by atoms with van der Waals surface area (Å²) in [6.07, 6.45) is 12.6. The fraction of sp³-hybridized carbons (Fsp3) is 0.833. The number of hydrogen-bond donors (Lipinski definition) is 1. The molecule has 0 bridgehead atoms. The first-order valence-electron chi connectivity index (χ1n) is 5.75. The summed E-state index contributed by atoms with van der Waals surface area (Å²) < 4.78 is 0. The molecule has 0 radical (unpaired) electrons. The van der Waals surface area contributed by atoms with Gasteiger partial charge in [-0.2, -0.15) is 0 Å². The van der Waals surface area contributed by atoms with Crippen LogP contribution < -0.4 is 5.73 Å². The van der Waals surface area contributed by atoms with Crippen LogP contribution in [0.3, 0.4) is 0 Å². The van der Waals surface area contributed by atoms with Gasteiger partial charge in [0.1, 0.15) is 0 Å². The molecule has 13 heavy (non-hydrogen) atoms. The summed E-state index contributed by atoms with van der Waals surface area (Å²) in [5.41, 5.74) is 6.58. The van der Waals surface area contributed by atoms with Crippen molar-refractivity contribution in [2.24, 2.45) is 5.73 Å². The average molecular weight is 183 g/mol. The van der Waals surface area contributed by atoms with Crippen LogP contribution in [0.15, 0.2) is 11.8 Å². The SMILES string of the molecule is CCCCCC.NC1=CCCCC1. The van der Waals surface area contributed by atoms with E-state index in [1.165, 1.54) is 44.9 Å². The van der Waals surface area contributed by atoms with Crippen LogP contribution in [-0.2, 0) is 0 Å². The van der Waals surface area contributed by atoms with Crippen LogP contribution in [0.1, 0.15) is 65.2 Å². The molecular weight excluding hydrogens is 158 g/mol. The molecule has 0 aromatic rings. The van der Waals surface area contributed by atoms with Crippen LogP contribution in [0.25, 0.3) is 0 Å². The van der Waals surface area contributed by atoms with Crippen LogP contribution in [0.4, 0.5) is 0 Å². The number of hydrogen-bond acceptors (Lipinski definition) is 1. The van der Waals surface area contributed by atoms with Crippen LogP contribution in [0.2, 0.25) is 0 Å². The van der Waals surface area contributed by atoms with E-state index in [-0.39, 0.29) is 0 Å². The molecule has 0 heterocycles. The molecule has 0 aromatic carbocycles. The molecule has 1 rings (SSSR count). The largest absolute Gasteiger partial charge is 0.402 e. The Bertz CT molecular complexity index is 123. The minimum absolute atomic E-state index is 1.09. The molecule has 1 aliphatic carbocycles. The topological polar surface area (TPSA) is 26.0 Å². The van der Waals surface area contributed by atoms with Gasteiger partial charge in [0.25, 0.3) is 0 Å². The molecule has 1 aliphatic rings. The summed E-state index contributed by atoms with van der Waals surface area (Å²) >= 11 is 0. The maximum atomic E-state index is 5.50. The molecule has 0 saturated heterocycles. The quantitative estimate of drug-likeness (QED) is 0.658. The van der Waals surface area contributed by atoms with Gasteiger partial charge in [0.05, 0.1) is 0 Å². The van der Waals surface area contributed by atoms with Crippen LogP contribution in [0, 0.1) is 0 Å². The standard InChI is InChI=1S/C6H11N.C6H14/c7-6-4-2-1-3-5-6;1-3-5-6-4-2/h4H,1-3,5,7H2;3-6H2,1-2H3. The third-order valence-corrected chi connectivity index (χ3v) is 2.28. The van der Waals surface area contributed by atoms with E-state index in [2.05, 4.69) is 19.9 Å². The smallest absolute Gasteiger partial charge is 0.00399 e. The predicted molar refractivity (Wildman–Crippen MR) is 60.6 cm³/mol. The third-order valence-electron chi connectivity index (χ3n) is 2.28. The monoisotopic (exact) mass is 183 g/mol. The van der Waals surface area contributed by atoms with Gasteiger partial charge in [-0.1, -0.05) is 45.6 Å². The Hall–Kier alpha value is -0.460. The number of allylic oxidation sites excluding steroid dienone is 2. The van der Waals surface area contributed by atoms with Crippen molar-refractivity contribution < 1.29 is 0 Å². The van der Waals surface area contributed by atoms with Crippen molar-refractivity contribution >= 4 is 0 Å². The molecule has 78 valence electrons. The minimum Gasteiger partial charge on any atom is -0.402 e. The van der Waals surface area contributed by atoms with Crippen LogP contribution in [-0.4, -0.2) is 0 Å². The van der Waals surface area contributed by atoms with E-state index >= 15 is 0 Å². The molecule has 0 saturated carbocycles. The molecule has 0 aromatic heterocycles. The van der Waals surface area contributed by atoms with E-state index in [9.17, 15) is 0 Å². The molecule has 1 heteroatoms. The van der Waals surface area contributed by atoms with Crippen molar-refractivity contribution in [3.05, 3.63) is 11.8 Å². The molecule has 0 spiro atoms. The van der Waals surface area contributed by atoms with E-state index in [0.717, 1.165) is 12.1 Å². The van der Waals surface area contributed by atoms with Crippen molar-refractivity contribution in [1.82, 2.24) is 0 Å². The van der Waals surface area contributed by atoms with Crippen molar-refractivity contribution in [3.63, 3.8) is 0 Å². The van der Waals surface area contributed by atoms with Gasteiger partial charge in [-0.3, -0.25) is 0 Å². The summed E-state index contributed by atoms with van der Waals surface area (Å²) in [5, 5.41) is 0. The van der Waals surface area contributed by atoms with E-state index in [4.69, 9.17) is 5.73 Å². The zero-order valence-electron chi connectivity index (χ0n) is 9.31. The molecule has 0 unspecified atom stereocenters. The van der Waals surface area contributed by atoms with Gasteiger partial charge < -0.3 is 5.73 Å². The lowest BCUT2D eigenvalue weighted by Gasteiger charge is -2.05. The van der Waals surface area contributed by atoms with Gasteiger partial charge >= 0.3 is 0 Å².